The van der Waals surface area contributed by atoms with Gasteiger partial charge in [-0.2, -0.15) is 0 Å². The molecule has 8 nitrogen and oxygen atoms in total. The van der Waals surface area contributed by atoms with Gasteiger partial charge in [-0.3, -0.25) is 0 Å². The number of benzene rings is 3. The van der Waals surface area contributed by atoms with E-state index in [0.717, 1.165) is 42.9 Å². The third-order valence-electron chi connectivity index (χ3n) is 6.35. The van der Waals surface area contributed by atoms with E-state index in [2.05, 4.69) is 31.2 Å². The number of aromatic nitrogens is 3. The number of ether oxygens (including phenoxy) is 2. The van der Waals surface area contributed by atoms with Gasteiger partial charge in [-0.1, -0.05) is 25.1 Å². The summed E-state index contributed by atoms with van der Waals surface area (Å²) in [5, 5.41) is 6.96. The zero-order valence-corrected chi connectivity index (χ0v) is 26.1. The highest BCUT2D eigenvalue weighted by atomic mass is 79.9. The van der Waals surface area contributed by atoms with E-state index in [0.29, 0.717) is 18.0 Å². The molecule has 12 heteroatoms. The zero-order chi connectivity index (χ0) is 29.7. The van der Waals surface area contributed by atoms with E-state index in [1.54, 1.807) is 6.07 Å². The molecule has 0 fully saturated rings. The number of anilines is 2. The van der Waals surface area contributed by atoms with Gasteiger partial charge in [0.1, 0.15) is 51.3 Å². The van der Waals surface area contributed by atoms with E-state index in [1.165, 1.54) is 36.1 Å². The molecule has 0 radical (unpaired) electrons. The minimum Gasteiger partial charge on any atom is -0.488 e. The minimum absolute atomic E-state index is 0.0244. The molecular formula is C30H28BrFN4O4S2. The molecule has 0 saturated carbocycles. The molecule has 1 atom stereocenters. The molecule has 0 spiro atoms. The van der Waals surface area contributed by atoms with Crippen LogP contribution in [0.3, 0.4) is 0 Å². The number of rotatable bonds is 12. The van der Waals surface area contributed by atoms with Crippen molar-refractivity contribution in [2.24, 2.45) is 0 Å². The van der Waals surface area contributed by atoms with Gasteiger partial charge < -0.3 is 14.8 Å². The summed E-state index contributed by atoms with van der Waals surface area (Å²) in [6.45, 7) is 2.36. The fraction of sp³-hybridized carbons (Fsp3) is 0.233. The highest BCUT2D eigenvalue weighted by Gasteiger charge is 2.17. The van der Waals surface area contributed by atoms with Crippen LogP contribution >= 0.6 is 27.3 Å². The average Bonchev–Trinajstić information content (AvgIpc) is 3.45. The monoisotopic (exact) mass is 670 g/mol. The first kappa shape index (κ1) is 30.0. The number of nitrogens with one attached hydrogen (secondary N) is 1. The molecule has 0 aliphatic carbocycles. The largest absolute Gasteiger partial charge is 0.488 e. The lowest BCUT2D eigenvalue weighted by molar-refractivity contribution is 0.0610. The molecule has 5 rings (SSSR count). The smallest absolute Gasteiger partial charge is 0.149 e. The van der Waals surface area contributed by atoms with E-state index < -0.39 is 9.84 Å². The number of fused-ring (bicyclic) bond motifs is 1. The van der Waals surface area contributed by atoms with E-state index in [1.807, 2.05) is 54.8 Å². The zero-order valence-electron chi connectivity index (χ0n) is 22.9. The summed E-state index contributed by atoms with van der Waals surface area (Å²) in [6, 6.07) is 17.8. The molecule has 0 saturated heterocycles. The van der Waals surface area contributed by atoms with E-state index in [-0.39, 0.29) is 30.9 Å². The van der Waals surface area contributed by atoms with Gasteiger partial charge in [-0.25, -0.2) is 27.8 Å². The lowest BCUT2D eigenvalue weighted by Crippen LogP contribution is -2.13. The Hall–Kier alpha value is -3.45. The molecule has 0 amide bonds. The van der Waals surface area contributed by atoms with Gasteiger partial charge in [0.2, 0.25) is 0 Å². The second-order valence-corrected chi connectivity index (χ2v) is 13.6. The Morgan fingerprint density at radius 1 is 1.10 bits per heavy atom. The summed E-state index contributed by atoms with van der Waals surface area (Å²) in [5.74, 6) is 0.938. The Balaban J connectivity index is 1.32. The third kappa shape index (κ3) is 7.68. The summed E-state index contributed by atoms with van der Waals surface area (Å²) in [7, 11) is -3.09. The van der Waals surface area contributed by atoms with Gasteiger partial charge in [-0.15, -0.1) is 11.3 Å². The van der Waals surface area contributed by atoms with Crippen molar-refractivity contribution >= 4 is 59.5 Å². The predicted octanol–water partition coefficient (Wildman–Crippen LogP) is 7.49. The predicted molar refractivity (Wildman–Crippen MR) is 167 cm³/mol. The number of sulfone groups is 1. The summed E-state index contributed by atoms with van der Waals surface area (Å²) in [5.41, 5.74) is 3.99. The maximum atomic E-state index is 13.5. The van der Waals surface area contributed by atoms with Crippen molar-refractivity contribution < 1.29 is 22.3 Å². The lowest BCUT2D eigenvalue weighted by Gasteiger charge is -2.13. The fourth-order valence-electron chi connectivity index (χ4n) is 4.21. The normalized spacial score (nSPS) is 12.4. The minimum atomic E-state index is -3.09. The molecule has 42 heavy (non-hydrogen) atoms. The standard InChI is InChI=1S/C30H28BrFN4O4S2/c1-3-27(39-11-12-42(2,37)38)30-36-26(17-41-30)20-7-9-25-23(14-20)29(34-18-33-25)35-22-8-10-28(24(31)15-22)40-16-19-5-4-6-21(32)13-19/h4-10,13-15,17-18,27H,3,11-12,16H2,1-2H3,(H,33,34,35). The van der Waals surface area contributed by atoms with Crippen molar-refractivity contribution in [1.29, 1.82) is 0 Å². The van der Waals surface area contributed by atoms with E-state index in [9.17, 15) is 12.8 Å². The van der Waals surface area contributed by atoms with Crippen LogP contribution in [0.25, 0.3) is 22.2 Å². The number of hydrogen-bond acceptors (Lipinski definition) is 9. The van der Waals surface area contributed by atoms with Crippen molar-refractivity contribution in [3.05, 3.63) is 93.2 Å². The molecule has 0 aliphatic rings. The molecular weight excluding hydrogens is 643 g/mol. The molecule has 3 aromatic carbocycles. The molecule has 2 heterocycles. The van der Waals surface area contributed by atoms with Crippen LogP contribution in [-0.2, 0) is 21.2 Å². The number of halogens is 2. The first-order valence-electron chi connectivity index (χ1n) is 13.1. The van der Waals surface area contributed by atoms with Gasteiger partial charge in [0.05, 0.1) is 28.0 Å². The second kappa shape index (κ2) is 13.2. The van der Waals surface area contributed by atoms with Crippen molar-refractivity contribution in [3.8, 4) is 17.0 Å². The first-order chi connectivity index (χ1) is 20.2. The Morgan fingerprint density at radius 3 is 2.71 bits per heavy atom. The number of nitrogens with zero attached hydrogens (tertiary/aromatic N) is 3. The van der Waals surface area contributed by atoms with Gasteiger partial charge in [-0.05, 0) is 70.4 Å². The molecule has 0 aliphatic heterocycles. The SMILES string of the molecule is CCC(OCCS(C)(=O)=O)c1nc(-c2ccc3ncnc(Nc4ccc(OCc5cccc(F)c5)c(Br)c4)c3c2)cs1. The lowest BCUT2D eigenvalue weighted by atomic mass is 10.1. The quantitative estimate of drug-likeness (QED) is 0.146. The van der Waals surface area contributed by atoms with Crippen molar-refractivity contribution in [3.63, 3.8) is 0 Å². The molecule has 218 valence electrons. The van der Waals surface area contributed by atoms with Crippen molar-refractivity contribution in [2.45, 2.75) is 26.1 Å². The molecule has 5 aromatic rings. The van der Waals surface area contributed by atoms with Gasteiger partial charge in [0, 0.05) is 28.3 Å². The van der Waals surface area contributed by atoms with Crippen LogP contribution < -0.4 is 10.1 Å². The average molecular weight is 672 g/mol. The molecule has 2 aromatic heterocycles. The van der Waals surface area contributed by atoms with Crippen molar-refractivity contribution in [2.75, 3.05) is 23.9 Å². The van der Waals surface area contributed by atoms with Crippen LogP contribution in [0.1, 0.15) is 30.0 Å². The summed E-state index contributed by atoms with van der Waals surface area (Å²) < 4.78 is 48.9. The van der Waals surface area contributed by atoms with Crippen LogP contribution in [0.5, 0.6) is 5.75 Å². The van der Waals surface area contributed by atoms with Gasteiger partial charge >= 0.3 is 0 Å². The highest BCUT2D eigenvalue weighted by Crippen LogP contribution is 2.34. The Bertz CT molecular complexity index is 1820. The van der Waals surface area contributed by atoms with Gasteiger partial charge in [0.15, 0.2) is 0 Å². The van der Waals surface area contributed by atoms with Crippen LogP contribution in [-0.4, -0.2) is 42.0 Å². The van der Waals surface area contributed by atoms with E-state index >= 15 is 0 Å². The van der Waals surface area contributed by atoms with Crippen LogP contribution in [0.2, 0.25) is 0 Å². The van der Waals surface area contributed by atoms with Crippen LogP contribution in [0, 0.1) is 5.82 Å². The topological polar surface area (TPSA) is 103 Å². The van der Waals surface area contributed by atoms with Crippen LogP contribution in [0.15, 0.2) is 76.8 Å². The Kier molecular flexibility index (Phi) is 9.47. The number of hydrogen-bond donors (Lipinski definition) is 1. The summed E-state index contributed by atoms with van der Waals surface area (Å²) in [4.78, 5) is 13.7. The molecule has 1 N–H and O–H groups in total. The fourth-order valence-corrected chi connectivity index (χ4v) is 6.06. The number of thiazole rings is 1. The van der Waals surface area contributed by atoms with E-state index in [4.69, 9.17) is 14.5 Å². The van der Waals surface area contributed by atoms with Crippen molar-refractivity contribution in [1.82, 2.24) is 15.0 Å². The first-order valence-corrected chi connectivity index (χ1v) is 16.9. The Morgan fingerprint density at radius 2 is 1.95 bits per heavy atom. The highest BCUT2D eigenvalue weighted by molar-refractivity contribution is 9.10. The second-order valence-electron chi connectivity index (χ2n) is 9.61. The van der Waals surface area contributed by atoms with Crippen LogP contribution in [0.4, 0.5) is 15.9 Å². The summed E-state index contributed by atoms with van der Waals surface area (Å²) in [6.07, 6.45) is 3.12. The maximum absolute atomic E-state index is 13.5. The molecule has 0 bridgehead atoms. The van der Waals surface area contributed by atoms with Gasteiger partial charge in [0.25, 0.3) is 0 Å². The third-order valence-corrected chi connectivity index (χ3v) is 8.82. The maximum Gasteiger partial charge on any atom is 0.149 e. The molecule has 1 unspecified atom stereocenters. The summed E-state index contributed by atoms with van der Waals surface area (Å²) >= 11 is 5.05. The Labute approximate surface area is 256 Å².